The minimum Gasteiger partial charge on any atom is -0.508 e. The van der Waals surface area contributed by atoms with Gasteiger partial charge in [-0.25, -0.2) is 0 Å². The number of aromatic nitrogens is 2. The van der Waals surface area contributed by atoms with Crippen molar-refractivity contribution in [3.63, 3.8) is 0 Å². The molecule has 0 bridgehead atoms. The third-order valence-electron chi connectivity index (χ3n) is 4.41. The van der Waals surface area contributed by atoms with Crippen LogP contribution in [0.4, 0.5) is 5.69 Å². The number of carbonyl (C=O) groups is 1. The third-order valence-corrected chi connectivity index (χ3v) is 4.41. The lowest BCUT2D eigenvalue weighted by atomic mass is 10.1. The number of anilines is 1. The van der Waals surface area contributed by atoms with Crippen LogP contribution in [0.5, 0.6) is 17.2 Å². The van der Waals surface area contributed by atoms with Crippen LogP contribution in [0, 0.1) is 0 Å². The number of hydrogen-bond donors (Lipinski definition) is 2. The molecule has 0 atom stereocenters. The van der Waals surface area contributed by atoms with Gasteiger partial charge in [0.15, 0.2) is 11.5 Å². The molecule has 2 aromatic carbocycles. The molecule has 0 fully saturated rings. The number of benzene rings is 2. The molecule has 1 aromatic heterocycles. The quantitative estimate of drug-likeness (QED) is 0.612. The fourth-order valence-electron chi connectivity index (χ4n) is 2.92. The summed E-state index contributed by atoms with van der Waals surface area (Å²) >= 11 is 0. The Labute approximate surface area is 163 Å². The third kappa shape index (κ3) is 4.25. The van der Waals surface area contributed by atoms with Crippen LogP contribution in [0.2, 0.25) is 0 Å². The second kappa shape index (κ2) is 8.47. The molecule has 0 unspecified atom stereocenters. The smallest absolute Gasteiger partial charge is 0.258 e. The molecule has 7 nitrogen and oxygen atoms in total. The highest BCUT2D eigenvalue weighted by Gasteiger charge is 2.12. The summed E-state index contributed by atoms with van der Waals surface area (Å²) < 4.78 is 12.3. The molecule has 146 valence electrons. The van der Waals surface area contributed by atoms with Crippen molar-refractivity contribution >= 4 is 11.6 Å². The normalized spacial score (nSPS) is 10.5. The number of hydrogen-bond acceptors (Lipinski definition) is 5. The lowest BCUT2D eigenvalue weighted by Crippen LogP contribution is -2.12. The van der Waals surface area contributed by atoms with Crippen LogP contribution in [0.15, 0.2) is 48.8 Å². The molecule has 3 rings (SSSR count). The standard InChI is InChI=1S/C21H23N3O4/c1-4-15-10-17(25)6-7-18(15)23-21(26)16-11-22-24(13-16)12-14-5-8-19(27-2)20(9-14)28-3/h5-11,13,25H,4,12H2,1-3H3,(H,23,26). The summed E-state index contributed by atoms with van der Waals surface area (Å²) in [5, 5.41) is 16.7. The molecule has 3 aromatic rings. The lowest BCUT2D eigenvalue weighted by molar-refractivity contribution is 0.102. The van der Waals surface area contributed by atoms with E-state index >= 15 is 0 Å². The monoisotopic (exact) mass is 381 g/mol. The van der Waals surface area contributed by atoms with E-state index in [1.807, 2.05) is 25.1 Å². The summed E-state index contributed by atoms with van der Waals surface area (Å²) in [6.07, 6.45) is 3.92. The maximum atomic E-state index is 12.6. The highest BCUT2D eigenvalue weighted by Crippen LogP contribution is 2.28. The number of ether oxygens (including phenoxy) is 2. The molecule has 0 aliphatic heterocycles. The number of aryl methyl sites for hydroxylation is 1. The second-order valence-corrected chi connectivity index (χ2v) is 6.27. The van der Waals surface area contributed by atoms with E-state index in [1.165, 1.54) is 6.20 Å². The zero-order valence-electron chi connectivity index (χ0n) is 16.1. The van der Waals surface area contributed by atoms with Crippen LogP contribution >= 0.6 is 0 Å². The van der Waals surface area contributed by atoms with Gasteiger partial charge in [-0.1, -0.05) is 13.0 Å². The lowest BCUT2D eigenvalue weighted by Gasteiger charge is -2.10. The first-order valence-corrected chi connectivity index (χ1v) is 8.90. The topological polar surface area (TPSA) is 85.6 Å². The summed E-state index contributed by atoms with van der Waals surface area (Å²) in [6.45, 7) is 2.46. The average molecular weight is 381 g/mol. The van der Waals surface area contributed by atoms with Crippen molar-refractivity contribution in [2.75, 3.05) is 19.5 Å². The van der Waals surface area contributed by atoms with Gasteiger partial charge in [0.1, 0.15) is 5.75 Å². The van der Waals surface area contributed by atoms with Gasteiger partial charge in [0.05, 0.1) is 32.5 Å². The van der Waals surface area contributed by atoms with Crippen molar-refractivity contribution in [1.29, 1.82) is 0 Å². The van der Waals surface area contributed by atoms with Crippen molar-refractivity contribution in [3.05, 3.63) is 65.5 Å². The minimum atomic E-state index is -0.251. The predicted molar refractivity (Wildman–Crippen MR) is 106 cm³/mol. The molecule has 0 radical (unpaired) electrons. The Morgan fingerprint density at radius 3 is 2.64 bits per heavy atom. The highest BCUT2D eigenvalue weighted by molar-refractivity contribution is 6.04. The number of amides is 1. The van der Waals surface area contributed by atoms with Gasteiger partial charge in [0.25, 0.3) is 5.91 Å². The Morgan fingerprint density at radius 1 is 1.14 bits per heavy atom. The fraction of sp³-hybridized carbons (Fsp3) is 0.238. The highest BCUT2D eigenvalue weighted by atomic mass is 16.5. The van der Waals surface area contributed by atoms with E-state index in [2.05, 4.69) is 10.4 Å². The zero-order valence-corrected chi connectivity index (χ0v) is 16.1. The Bertz CT molecular complexity index is 982. The Kier molecular flexibility index (Phi) is 5.84. The molecule has 28 heavy (non-hydrogen) atoms. The van der Waals surface area contributed by atoms with Gasteiger partial charge < -0.3 is 19.9 Å². The number of rotatable bonds is 7. The second-order valence-electron chi connectivity index (χ2n) is 6.27. The first-order valence-electron chi connectivity index (χ1n) is 8.90. The molecule has 0 aliphatic carbocycles. The van der Waals surface area contributed by atoms with E-state index in [-0.39, 0.29) is 11.7 Å². The van der Waals surface area contributed by atoms with Crippen molar-refractivity contribution in [1.82, 2.24) is 9.78 Å². The minimum absolute atomic E-state index is 0.178. The van der Waals surface area contributed by atoms with Crippen LogP contribution in [0.3, 0.4) is 0 Å². The average Bonchev–Trinajstić information content (AvgIpc) is 3.17. The fourth-order valence-corrected chi connectivity index (χ4v) is 2.92. The molecule has 7 heteroatoms. The molecule has 2 N–H and O–H groups in total. The molecule has 0 aliphatic rings. The van der Waals surface area contributed by atoms with Crippen molar-refractivity contribution < 1.29 is 19.4 Å². The molecule has 0 saturated heterocycles. The van der Waals surface area contributed by atoms with E-state index in [9.17, 15) is 9.90 Å². The number of carbonyl (C=O) groups excluding carboxylic acids is 1. The molecule has 0 saturated carbocycles. The van der Waals surface area contributed by atoms with E-state index in [1.54, 1.807) is 43.3 Å². The van der Waals surface area contributed by atoms with Gasteiger partial charge >= 0.3 is 0 Å². The molecule has 1 amide bonds. The van der Waals surface area contributed by atoms with Crippen LogP contribution in [0.1, 0.15) is 28.4 Å². The first kappa shape index (κ1) is 19.3. The summed E-state index contributed by atoms with van der Waals surface area (Å²) in [7, 11) is 3.18. The van der Waals surface area contributed by atoms with Crippen LogP contribution in [0.25, 0.3) is 0 Å². The van der Waals surface area contributed by atoms with Gasteiger partial charge in [0, 0.05) is 11.9 Å². The Morgan fingerprint density at radius 2 is 1.93 bits per heavy atom. The number of aromatic hydroxyl groups is 1. The van der Waals surface area contributed by atoms with Crippen molar-refractivity contribution in [3.8, 4) is 17.2 Å². The van der Waals surface area contributed by atoms with E-state index in [4.69, 9.17) is 9.47 Å². The first-order chi connectivity index (χ1) is 13.5. The molecule has 1 heterocycles. The number of nitrogens with zero attached hydrogens (tertiary/aromatic N) is 2. The number of nitrogens with one attached hydrogen (secondary N) is 1. The SMILES string of the molecule is CCc1cc(O)ccc1NC(=O)c1cnn(Cc2ccc(OC)c(OC)c2)c1. The largest absolute Gasteiger partial charge is 0.508 e. The van der Waals surface area contributed by atoms with Crippen LogP contribution in [-0.2, 0) is 13.0 Å². The summed E-state index contributed by atoms with van der Waals surface area (Å²) in [4.78, 5) is 12.6. The van der Waals surface area contributed by atoms with Crippen LogP contribution in [-0.4, -0.2) is 35.0 Å². The molecular weight excluding hydrogens is 358 g/mol. The maximum absolute atomic E-state index is 12.6. The van der Waals surface area contributed by atoms with Gasteiger partial charge in [-0.15, -0.1) is 0 Å². The van der Waals surface area contributed by atoms with Crippen LogP contribution < -0.4 is 14.8 Å². The number of methoxy groups -OCH3 is 2. The van der Waals surface area contributed by atoms with E-state index in [0.29, 0.717) is 35.7 Å². The van der Waals surface area contributed by atoms with Crippen molar-refractivity contribution in [2.24, 2.45) is 0 Å². The predicted octanol–water partition coefficient (Wildman–Crippen LogP) is 3.47. The van der Waals surface area contributed by atoms with E-state index in [0.717, 1.165) is 11.1 Å². The van der Waals surface area contributed by atoms with Crippen molar-refractivity contribution in [2.45, 2.75) is 19.9 Å². The summed E-state index contributed by atoms with van der Waals surface area (Å²) in [5.41, 5.74) is 2.97. The summed E-state index contributed by atoms with van der Waals surface area (Å²) in [6, 6.07) is 10.5. The maximum Gasteiger partial charge on any atom is 0.258 e. The Balaban J connectivity index is 1.72. The van der Waals surface area contributed by atoms with E-state index < -0.39 is 0 Å². The molecule has 0 spiro atoms. The zero-order chi connectivity index (χ0) is 20.1. The van der Waals surface area contributed by atoms with Gasteiger partial charge in [-0.2, -0.15) is 5.10 Å². The Hall–Kier alpha value is -3.48. The molecular formula is C21H23N3O4. The number of phenols is 1. The van der Waals surface area contributed by atoms with Gasteiger partial charge in [-0.05, 0) is 47.9 Å². The number of phenolic OH excluding ortho intramolecular Hbond substituents is 1. The van der Waals surface area contributed by atoms with Gasteiger partial charge in [0.2, 0.25) is 0 Å². The van der Waals surface area contributed by atoms with Gasteiger partial charge in [-0.3, -0.25) is 9.48 Å². The summed E-state index contributed by atoms with van der Waals surface area (Å²) in [5.74, 6) is 1.23.